The summed E-state index contributed by atoms with van der Waals surface area (Å²) < 4.78 is 5.63. The van der Waals surface area contributed by atoms with Gasteiger partial charge in [0.1, 0.15) is 0 Å². The molecule has 0 bridgehead atoms. The Labute approximate surface area is 168 Å². The van der Waals surface area contributed by atoms with Gasteiger partial charge in [-0.3, -0.25) is 9.69 Å². The van der Waals surface area contributed by atoms with E-state index in [9.17, 15) is 4.79 Å². The number of piperazine rings is 1. The lowest BCUT2D eigenvalue weighted by molar-refractivity contribution is -0.151. The fourth-order valence-corrected chi connectivity index (χ4v) is 4.64. The van der Waals surface area contributed by atoms with Gasteiger partial charge in [0.25, 0.3) is 0 Å². The van der Waals surface area contributed by atoms with Gasteiger partial charge < -0.3 is 9.64 Å². The fourth-order valence-electron chi connectivity index (χ4n) is 4.64. The van der Waals surface area contributed by atoms with Gasteiger partial charge >= 0.3 is 0 Å². The lowest BCUT2D eigenvalue weighted by atomic mass is 9.73. The standard InChI is InChI=1S/C24H30N2O2/c1-25-14-15-26(19-22(25)21-10-6-3-7-11-21)23(27)24(12-16-28-17-13-24)18-20-8-4-2-5-9-20/h2-11,22H,12-19H2,1H3/t22-/m1/s1. The Kier molecular flexibility index (Phi) is 5.79. The normalized spacial score (nSPS) is 22.8. The average molecular weight is 379 g/mol. The van der Waals surface area contributed by atoms with Crippen LogP contribution >= 0.6 is 0 Å². The van der Waals surface area contributed by atoms with Crippen molar-refractivity contribution in [2.45, 2.75) is 25.3 Å². The minimum Gasteiger partial charge on any atom is -0.381 e. The monoisotopic (exact) mass is 378 g/mol. The van der Waals surface area contributed by atoms with E-state index in [1.54, 1.807) is 0 Å². The Balaban J connectivity index is 1.56. The number of ether oxygens (including phenoxy) is 1. The van der Waals surface area contributed by atoms with E-state index < -0.39 is 0 Å². The lowest BCUT2D eigenvalue weighted by Crippen LogP contribution is -2.55. The van der Waals surface area contributed by atoms with Crippen LogP contribution in [0.15, 0.2) is 60.7 Å². The van der Waals surface area contributed by atoms with Crippen LogP contribution in [0, 0.1) is 5.41 Å². The van der Waals surface area contributed by atoms with Gasteiger partial charge in [-0.05, 0) is 37.4 Å². The van der Waals surface area contributed by atoms with Gasteiger partial charge in [-0.1, -0.05) is 60.7 Å². The molecule has 28 heavy (non-hydrogen) atoms. The van der Waals surface area contributed by atoms with Crippen molar-refractivity contribution in [2.24, 2.45) is 5.41 Å². The van der Waals surface area contributed by atoms with Gasteiger partial charge in [-0.25, -0.2) is 0 Å². The molecular weight excluding hydrogens is 348 g/mol. The van der Waals surface area contributed by atoms with Crippen molar-refractivity contribution in [3.05, 3.63) is 71.8 Å². The zero-order chi connectivity index (χ0) is 19.4. The molecule has 0 radical (unpaired) electrons. The Bertz CT molecular complexity index is 772. The van der Waals surface area contributed by atoms with Crippen molar-refractivity contribution < 1.29 is 9.53 Å². The zero-order valence-corrected chi connectivity index (χ0v) is 16.7. The van der Waals surface area contributed by atoms with Gasteiger partial charge in [0, 0.05) is 32.8 Å². The van der Waals surface area contributed by atoms with Gasteiger partial charge in [-0.15, -0.1) is 0 Å². The molecule has 4 rings (SSSR count). The summed E-state index contributed by atoms with van der Waals surface area (Å²) in [5.41, 5.74) is 2.19. The van der Waals surface area contributed by atoms with Gasteiger partial charge in [-0.2, -0.15) is 0 Å². The first-order valence-corrected chi connectivity index (χ1v) is 10.3. The van der Waals surface area contributed by atoms with Crippen LogP contribution in [-0.4, -0.2) is 55.6 Å². The van der Waals surface area contributed by atoms with Crippen LogP contribution < -0.4 is 0 Å². The SMILES string of the molecule is CN1CCN(C(=O)C2(Cc3ccccc3)CCOCC2)C[C@@H]1c1ccccc1. The number of benzene rings is 2. The first-order chi connectivity index (χ1) is 13.7. The first-order valence-electron chi connectivity index (χ1n) is 10.3. The molecule has 2 aliphatic rings. The van der Waals surface area contributed by atoms with Crippen LogP contribution in [0.4, 0.5) is 0 Å². The molecule has 0 aromatic heterocycles. The molecule has 4 nitrogen and oxygen atoms in total. The highest BCUT2D eigenvalue weighted by Crippen LogP contribution is 2.38. The third-order valence-electron chi connectivity index (χ3n) is 6.41. The number of nitrogens with zero attached hydrogens (tertiary/aromatic N) is 2. The van der Waals surface area contributed by atoms with Crippen LogP contribution in [0.1, 0.15) is 30.0 Å². The maximum Gasteiger partial charge on any atom is 0.229 e. The van der Waals surface area contributed by atoms with Crippen LogP contribution in [0.3, 0.4) is 0 Å². The fraction of sp³-hybridized carbons (Fsp3) is 0.458. The third kappa shape index (κ3) is 3.98. The Hall–Kier alpha value is -2.17. The van der Waals surface area contributed by atoms with Crippen molar-refractivity contribution in [1.29, 1.82) is 0 Å². The minimum absolute atomic E-state index is 0.257. The maximum absolute atomic E-state index is 13.8. The van der Waals surface area contributed by atoms with E-state index in [4.69, 9.17) is 4.74 Å². The second-order valence-electron chi connectivity index (χ2n) is 8.21. The van der Waals surface area contributed by atoms with E-state index in [2.05, 4.69) is 65.4 Å². The van der Waals surface area contributed by atoms with E-state index in [0.29, 0.717) is 19.1 Å². The molecule has 148 valence electrons. The molecule has 2 aromatic rings. The molecule has 0 aliphatic carbocycles. The second-order valence-corrected chi connectivity index (χ2v) is 8.21. The van der Waals surface area contributed by atoms with Crippen LogP contribution in [0.2, 0.25) is 0 Å². The second kappa shape index (κ2) is 8.46. The molecule has 2 aliphatic heterocycles. The summed E-state index contributed by atoms with van der Waals surface area (Å²) in [6.07, 6.45) is 2.42. The molecule has 1 amide bonds. The smallest absolute Gasteiger partial charge is 0.229 e. The molecule has 2 aromatic carbocycles. The molecule has 0 saturated carbocycles. The Morgan fingerprint density at radius 2 is 1.64 bits per heavy atom. The molecule has 4 heteroatoms. The zero-order valence-electron chi connectivity index (χ0n) is 16.7. The number of carbonyl (C=O) groups is 1. The molecule has 0 N–H and O–H groups in total. The quantitative estimate of drug-likeness (QED) is 0.816. The maximum atomic E-state index is 13.8. The minimum atomic E-state index is -0.337. The number of likely N-dealkylation sites (N-methyl/N-ethyl adjacent to an activating group) is 1. The summed E-state index contributed by atoms with van der Waals surface area (Å²) in [4.78, 5) is 18.3. The third-order valence-corrected chi connectivity index (χ3v) is 6.41. The Morgan fingerprint density at radius 3 is 2.32 bits per heavy atom. The highest BCUT2D eigenvalue weighted by molar-refractivity contribution is 5.83. The largest absolute Gasteiger partial charge is 0.381 e. The molecule has 1 atom stereocenters. The number of amides is 1. The summed E-state index contributed by atoms with van der Waals surface area (Å²) in [6, 6.07) is 21.3. The Morgan fingerprint density at radius 1 is 1.00 bits per heavy atom. The summed E-state index contributed by atoms with van der Waals surface area (Å²) in [7, 11) is 2.16. The van der Waals surface area contributed by atoms with Gasteiger partial charge in [0.15, 0.2) is 0 Å². The van der Waals surface area contributed by atoms with E-state index in [0.717, 1.165) is 38.9 Å². The first kappa shape index (κ1) is 19.2. The molecule has 2 saturated heterocycles. The number of hydrogen-bond acceptors (Lipinski definition) is 3. The molecule has 2 heterocycles. The van der Waals surface area contributed by atoms with E-state index in [1.807, 2.05) is 12.1 Å². The van der Waals surface area contributed by atoms with Crippen molar-refractivity contribution in [2.75, 3.05) is 39.9 Å². The average Bonchev–Trinajstić information content (AvgIpc) is 2.75. The molecule has 0 unspecified atom stereocenters. The predicted octanol–water partition coefficient (Wildman–Crippen LogP) is 3.54. The van der Waals surface area contributed by atoms with Crippen molar-refractivity contribution >= 4 is 5.91 Å². The van der Waals surface area contributed by atoms with Gasteiger partial charge in [0.05, 0.1) is 11.5 Å². The summed E-state index contributed by atoms with van der Waals surface area (Å²) >= 11 is 0. The van der Waals surface area contributed by atoms with E-state index in [-0.39, 0.29) is 11.5 Å². The van der Waals surface area contributed by atoms with Gasteiger partial charge in [0.2, 0.25) is 5.91 Å². The highest BCUT2D eigenvalue weighted by atomic mass is 16.5. The number of carbonyl (C=O) groups excluding carboxylic acids is 1. The van der Waals surface area contributed by atoms with Crippen LogP contribution in [-0.2, 0) is 16.0 Å². The lowest BCUT2D eigenvalue weighted by Gasteiger charge is -2.45. The topological polar surface area (TPSA) is 32.8 Å². The molecule has 2 fully saturated rings. The summed E-state index contributed by atoms with van der Waals surface area (Å²) in [6.45, 7) is 3.82. The number of hydrogen-bond donors (Lipinski definition) is 0. The summed E-state index contributed by atoms with van der Waals surface area (Å²) in [5.74, 6) is 0.314. The number of rotatable bonds is 4. The van der Waals surface area contributed by atoms with E-state index >= 15 is 0 Å². The predicted molar refractivity (Wildman–Crippen MR) is 111 cm³/mol. The molecular formula is C24H30N2O2. The van der Waals surface area contributed by atoms with Crippen molar-refractivity contribution in [3.63, 3.8) is 0 Å². The van der Waals surface area contributed by atoms with Crippen LogP contribution in [0.25, 0.3) is 0 Å². The molecule has 0 spiro atoms. The highest BCUT2D eigenvalue weighted by Gasteiger charge is 2.44. The van der Waals surface area contributed by atoms with E-state index in [1.165, 1.54) is 11.1 Å². The van der Waals surface area contributed by atoms with Crippen molar-refractivity contribution in [3.8, 4) is 0 Å². The van der Waals surface area contributed by atoms with Crippen LogP contribution in [0.5, 0.6) is 0 Å². The summed E-state index contributed by atoms with van der Waals surface area (Å²) in [5, 5.41) is 0. The van der Waals surface area contributed by atoms with Crippen molar-refractivity contribution in [1.82, 2.24) is 9.80 Å².